The van der Waals surface area contributed by atoms with Gasteiger partial charge in [0.05, 0.1) is 0 Å². The van der Waals surface area contributed by atoms with E-state index in [0.29, 0.717) is 4.83 Å². The fourth-order valence-corrected chi connectivity index (χ4v) is 2.11. The summed E-state index contributed by atoms with van der Waals surface area (Å²) < 4.78 is 0. The molecule has 0 aromatic carbocycles. The summed E-state index contributed by atoms with van der Waals surface area (Å²) >= 11 is 3.59. The first kappa shape index (κ1) is 8.54. The molecule has 60 valence electrons. The second-order valence-electron chi connectivity index (χ2n) is 3.21. The lowest BCUT2D eigenvalue weighted by Gasteiger charge is -2.23. The van der Waals surface area contributed by atoms with Crippen molar-refractivity contribution in [3.05, 3.63) is 0 Å². The van der Waals surface area contributed by atoms with E-state index in [4.69, 9.17) is 0 Å². The Morgan fingerprint density at radius 2 is 2.10 bits per heavy atom. The van der Waals surface area contributed by atoms with Gasteiger partial charge >= 0.3 is 0 Å². The van der Waals surface area contributed by atoms with Crippen molar-refractivity contribution in [3.63, 3.8) is 0 Å². The molecule has 1 atom stereocenters. The average Bonchev–Trinajstić information content (AvgIpc) is 1.88. The molecule has 1 N–H and O–H groups in total. The van der Waals surface area contributed by atoms with Gasteiger partial charge in [-0.25, -0.2) is 0 Å². The standard InChI is InChI=1S/C8H16BrN/c1-7(9)6-8-2-4-10-5-3-8/h7-8,10H,2-6H2,1H3. The van der Waals surface area contributed by atoms with E-state index < -0.39 is 0 Å². The molecule has 1 aliphatic heterocycles. The van der Waals surface area contributed by atoms with Gasteiger partial charge in [-0.2, -0.15) is 0 Å². The molecule has 10 heavy (non-hydrogen) atoms. The predicted octanol–water partition coefficient (Wildman–Crippen LogP) is 2.16. The summed E-state index contributed by atoms with van der Waals surface area (Å²) in [4.78, 5) is 0.704. The largest absolute Gasteiger partial charge is 0.317 e. The summed E-state index contributed by atoms with van der Waals surface area (Å²) in [6, 6.07) is 0. The topological polar surface area (TPSA) is 12.0 Å². The van der Waals surface area contributed by atoms with Crippen LogP contribution in [0.15, 0.2) is 0 Å². The Bertz CT molecular complexity index is 87.3. The van der Waals surface area contributed by atoms with Gasteiger partial charge in [0.2, 0.25) is 0 Å². The van der Waals surface area contributed by atoms with Gasteiger partial charge in [0.1, 0.15) is 0 Å². The summed E-state index contributed by atoms with van der Waals surface area (Å²) in [5.41, 5.74) is 0. The van der Waals surface area contributed by atoms with Gasteiger partial charge in [-0.1, -0.05) is 22.9 Å². The Kier molecular flexibility index (Phi) is 3.71. The van der Waals surface area contributed by atoms with Crippen LogP contribution in [0.3, 0.4) is 0 Å². The Balaban J connectivity index is 2.13. The summed E-state index contributed by atoms with van der Waals surface area (Å²) in [6.45, 7) is 4.69. The SMILES string of the molecule is CC(Br)CC1CCNCC1. The van der Waals surface area contributed by atoms with Crippen LogP contribution in [-0.2, 0) is 0 Å². The van der Waals surface area contributed by atoms with Gasteiger partial charge in [-0.15, -0.1) is 0 Å². The molecule has 0 radical (unpaired) electrons. The van der Waals surface area contributed by atoms with Crippen LogP contribution >= 0.6 is 15.9 Å². The lowest BCUT2D eigenvalue weighted by Crippen LogP contribution is -2.28. The molecule has 0 amide bonds. The monoisotopic (exact) mass is 205 g/mol. The minimum atomic E-state index is 0.704. The minimum Gasteiger partial charge on any atom is -0.317 e. The van der Waals surface area contributed by atoms with Crippen molar-refractivity contribution in [1.29, 1.82) is 0 Å². The molecule has 0 aliphatic carbocycles. The molecule has 1 heterocycles. The third kappa shape index (κ3) is 3.02. The number of rotatable bonds is 2. The van der Waals surface area contributed by atoms with Gasteiger partial charge in [0, 0.05) is 4.83 Å². The van der Waals surface area contributed by atoms with Crippen molar-refractivity contribution < 1.29 is 0 Å². The van der Waals surface area contributed by atoms with Crippen molar-refractivity contribution >= 4 is 15.9 Å². The highest BCUT2D eigenvalue weighted by atomic mass is 79.9. The molecule has 0 bridgehead atoms. The van der Waals surface area contributed by atoms with Crippen molar-refractivity contribution in [2.75, 3.05) is 13.1 Å². The van der Waals surface area contributed by atoms with Crippen LogP contribution < -0.4 is 5.32 Å². The van der Waals surface area contributed by atoms with Crippen LogP contribution in [0.4, 0.5) is 0 Å². The Hall–Kier alpha value is 0.440. The highest BCUT2D eigenvalue weighted by Crippen LogP contribution is 2.20. The lowest BCUT2D eigenvalue weighted by molar-refractivity contribution is 0.355. The second-order valence-corrected chi connectivity index (χ2v) is 4.77. The molecule has 0 aromatic heterocycles. The Morgan fingerprint density at radius 1 is 1.50 bits per heavy atom. The van der Waals surface area contributed by atoms with Crippen molar-refractivity contribution in [3.8, 4) is 0 Å². The van der Waals surface area contributed by atoms with Gasteiger partial charge in [0.15, 0.2) is 0 Å². The maximum atomic E-state index is 3.59. The van der Waals surface area contributed by atoms with E-state index in [2.05, 4.69) is 28.2 Å². The maximum absolute atomic E-state index is 3.59. The number of hydrogen-bond acceptors (Lipinski definition) is 1. The summed E-state index contributed by atoms with van der Waals surface area (Å²) in [6.07, 6.45) is 4.09. The van der Waals surface area contributed by atoms with Crippen molar-refractivity contribution in [2.24, 2.45) is 5.92 Å². The number of nitrogens with one attached hydrogen (secondary N) is 1. The fraction of sp³-hybridized carbons (Fsp3) is 1.00. The van der Waals surface area contributed by atoms with E-state index in [9.17, 15) is 0 Å². The first-order valence-corrected chi connectivity index (χ1v) is 5.05. The number of alkyl halides is 1. The molecule has 0 aromatic rings. The highest BCUT2D eigenvalue weighted by molar-refractivity contribution is 9.09. The smallest absolute Gasteiger partial charge is 0.0120 e. The lowest BCUT2D eigenvalue weighted by atomic mass is 9.94. The first-order valence-electron chi connectivity index (χ1n) is 4.14. The quantitative estimate of drug-likeness (QED) is 0.682. The molecule has 0 spiro atoms. The number of halogens is 1. The van der Waals surface area contributed by atoms with Crippen LogP contribution in [0.1, 0.15) is 26.2 Å². The molecular weight excluding hydrogens is 190 g/mol. The molecule has 1 aliphatic rings. The van der Waals surface area contributed by atoms with E-state index >= 15 is 0 Å². The average molecular weight is 206 g/mol. The molecule has 2 heteroatoms. The molecule has 1 fully saturated rings. The molecule has 1 unspecified atom stereocenters. The molecule has 1 rings (SSSR count). The number of piperidine rings is 1. The Labute approximate surface area is 71.7 Å². The molecule has 0 saturated carbocycles. The van der Waals surface area contributed by atoms with Gasteiger partial charge in [-0.05, 0) is 38.3 Å². The molecule has 1 saturated heterocycles. The van der Waals surface area contributed by atoms with Gasteiger partial charge in [-0.3, -0.25) is 0 Å². The maximum Gasteiger partial charge on any atom is 0.0120 e. The van der Waals surface area contributed by atoms with Gasteiger partial charge in [0.25, 0.3) is 0 Å². The van der Waals surface area contributed by atoms with Gasteiger partial charge < -0.3 is 5.32 Å². The fourth-order valence-electron chi connectivity index (χ4n) is 1.58. The van der Waals surface area contributed by atoms with Crippen LogP contribution in [0.25, 0.3) is 0 Å². The zero-order chi connectivity index (χ0) is 7.40. The van der Waals surface area contributed by atoms with E-state index in [1.165, 1.54) is 32.4 Å². The minimum absolute atomic E-state index is 0.704. The summed E-state index contributed by atoms with van der Waals surface area (Å²) in [5, 5.41) is 3.37. The van der Waals surface area contributed by atoms with Crippen molar-refractivity contribution in [2.45, 2.75) is 31.0 Å². The van der Waals surface area contributed by atoms with E-state index in [0.717, 1.165) is 5.92 Å². The third-order valence-corrected chi connectivity index (χ3v) is 2.49. The van der Waals surface area contributed by atoms with E-state index in [1.807, 2.05) is 0 Å². The van der Waals surface area contributed by atoms with Crippen molar-refractivity contribution in [1.82, 2.24) is 5.32 Å². The predicted molar refractivity (Wildman–Crippen MR) is 48.6 cm³/mol. The molecule has 1 nitrogen and oxygen atoms in total. The Morgan fingerprint density at radius 3 is 2.60 bits per heavy atom. The third-order valence-electron chi connectivity index (χ3n) is 2.12. The first-order chi connectivity index (χ1) is 4.79. The summed E-state index contributed by atoms with van der Waals surface area (Å²) in [5.74, 6) is 0.968. The van der Waals surface area contributed by atoms with Crippen LogP contribution in [-0.4, -0.2) is 17.9 Å². The second kappa shape index (κ2) is 4.35. The number of hydrogen-bond donors (Lipinski definition) is 1. The van der Waals surface area contributed by atoms with Crippen LogP contribution in [0, 0.1) is 5.92 Å². The summed E-state index contributed by atoms with van der Waals surface area (Å²) in [7, 11) is 0. The zero-order valence-electron chi connectivity index (χ0n) is 6.57. The van der Waals surface area contributed by atoms with E-state index in [1.54, 1.807) is 0 Å². The normalized spacial score (nSPS) is 24.6. The van der Waals surface area contributed by atoms with E-state index in [-0.39, 0.29) is 0 Å². The van der Waals surface area contributed by atoms with Crippen LogP contribution in [0.5, 0.6) is 0 Å². The molecular formula is C8H16BrN. The highest BCUT2D eigenvalue weighted by Gasteiger charge is 2.14. The zero-order valence-corrected chi connectivity index (χ0v) is 8.15. The van der Waals surface area contributed by atoms with Crippen LogP contribution in [0.2, 0.25) is 0 Å².